The smallest absolute Gasteiger partial charge is 0.338 e. The van der Waals surface area contributed by atoms with Gasteiger partial charge in [0.1, 0.15) is 0 Å². The first-order chi connectivity index (χ1) is 12.0. The summed E-state index contributed by atoms with van der Waals surface area (Å²) in [5.74, 6) is 1.10. The molecule has 1 N–H and O–H groups in total. The highest BCUT2D eigenvalue weighted by Gasteiger charge is 2.58. The summed E-state index contributed by atoms with van der Waals surface area (Å²) in [5, 5.41) is 10.7. The maximum atomic E-state index is 13.1. The lowest BCUT2D eigenvalue weighted by molar-refractivity contribution is -0.165. The van der Waals surface area contributed by atoms with Gasteiger partial charge in [0.05, 0.1) is 5.57 Å². The number of hydrogen-bond donors (Lipinski definition) is 1. The summed E-state index contributed by atoms with van der Waals surface area (Å²) < 4.78 is 5.81. The minimum atomic E-state index is -0.782. The van der Waals surface area contributed by atoms with Crippen molar-refractivity contribution in [1.29, 1.82) is 0 Å². The topological polar surface area (TPSA) is 63.6 Å². The molecular formula is C21H28O4. The Morgan fingerprint density at radius 3 is 2.12 bits per heavy atom. The number of Topliss-reactive ketones (excluding diaryl/α,β-unsaturated/α-hetero) is 1. The van der Waals surface area contributed by atoms with Gasteiger partial charge in [0.15, 0.2) is 11.9 Å². The van der Waals surface area contributed by atoms with Gasteiger partial charge < -0.3 is 9.84 Å². The summed E-state index contributed by atoms with van der Waals surface area (Å²) in [6.07, 6.45) is 9.22. The molecule has 2 atom stereocenters. The normalized spacial score (nSPS) is 32.8. The van der Waals surface area contributed by atoms with Crippen LogP contribution in [0.3, 0.4) is 0 Å². The maximum absolute atomic E-state index is 13.1. The number of rotatable bonds is 7. The van der Waals surface area contributed by atoms with Crippen LogP contribution in [-0.2, 0) is 14.3 Å². The van der Waals surface area contributed by atoms with Crippen molar-refractivity contribution < 1.29 is 19.4 Å². The Hall–Kier alpha value is -1.32. The molecule has 0 aromatic heterocycles. The van der Waals surface area contributed by atoms with Crippen molar-refractivity contribution in [3.8, 4) is 0 Å². The van der Waals surface area contributed by atoms with Crippen LogP contribution < -0.4 is 0 Å². The van der Waals surface area contributed by atoms with E-state index in [9.17, 15) is 14.7 Å². The molecule has 4 heteroatoms. The minimum absolute atomic E-state index is 0.0491. The van der Waals surface area contributed by atoms with Gasteiger partial charge in [-0.1, -0.05) is 19.8 Å². The second-order valence-electron chi connectivity index (χ2n) is 9.54. The number of esters is 1. The van der Waals surface area contributed by atoms with Crippen LogP contribution in [0.4, 0.5) is 0 Å². The fraction of sp³-hybridized carbons (Fsp3) is 0.810. The van der Waals surface area contributed by atoms with Crippen molar-refractivity contribution in [2.45, 2.75) is 70.8 Å². The van der Waals surface area contributed by atoms with Gasteiger partial charge in [-0.3, -0.25) is 4.79 Å². The molecule has 5 aliphatic rings. The number of carbonyl (C=O) groups is 2. The first-order valence-electron chi connectivity index (χ1n) is 10.2. The van der Waals surface area contributed by atoms with E-state index in [1.807, 2.05) is 0 Å². The van der Waals surface area contributed by atoms with Crippen LogP contribution in [0.25, 0.3) is 0 Å². The Labute approximate surface area is 149 Å². The average molecular weight is 344 g/mol. The van der Waals surface area contributed by atoms with Crippen molar-refractivity contribution >= 4 is 11.8 Å². The summed E-state index contributed by atoms with van der Waals surface area (Å²) in [6.45, 7) is 2.11. The lowest BCUT2D eigenvalue weighted by atomic mass is 9.71. The predicted molar refractivity (Wildman–Crippen MR) is 91.7 cm³/mol. The van der Waals surface area contributed by atoms with Crippen LogP contribution in [0.15, 0.2) is 11.3 Å². The van der Waals surface area contributed by atoms with E-state index in [0.717, 1.165) is 44.9 Å². The number of aliphatic hydroxyl groups excluding tert-OH is 1. The van der Waals surface area contributed by atoms with Gasteiger partial charge in [0.2, 0.25) is 5.78 Å². The zero-order valence-corrected chi connectivity index (χ0v) is 15.0. The zero-order chi connectivity index (χ0) is 17.3. The molecule has 0 bridgehead atoms. The molecule has 25 heavy (non-hydrogen) atoms. The summed E-state index contributed by atoms with van der Waals surface area (Å²) in [7, 11) is 0. The van der Waals surface area contributed by atoms with E-state index in [1.54, 1.807) is 0 Å². The molecule has 0 saturated heterocycles. The molecule has 0 radical (unpaired) electrons. The van der Waals surface area contributed by atoms with Crippen LogP contribution in [0, 0.1) is 35.0 Å². The standard InChI is InChI=1S/C21H28O4/c1-21(14-8-9-14,10-11-2-3-11)19-18(23)17(22)16(20(24)25-19)15(12-4-5-12)13-6-7-13/h11-15,19,22H,2-10H2,1H3. The average Bonchev–Trinajstić information content (AvgIpc) is 3.44. The molecule has 0 aromatic rings. The van der Waals surface area contributed by atoms with Crippen LogP contribution in [0.2, 0.25) is 0 Å². The molecule has 1 aliphatic heterocycles. The summed E-state index contributed by atoms with van der Waals surface area (Å²) >= 11 is 0. The van der Waals surface area contributed by atoms with Gasteiger partial charge in [-0.05, 0) is 68.6 Å². The zero-order valence-electron chi connectivity index (χ0n) is 15.0. The first-order valence-corrected chi connectivity index (χ1v) is 10.2. The molecule has 0 aromatic carbocycles. The SMILES string of the molecule is CC(CC1CC1)(C1CC1)C1OC(=O)C(C(C2CC2)C2CC2)=C(O)C1=O. The highest BCUT2D eigenvalue weighted by atomic mass is 16.6. The largest absolute Gasteiger partial charge is 0.504 e. The molecule has 136 valence electrons. The van der Waals surface area contributed by atoms with Crippen LogP contribution in [-0.4, -0.2) is 23.0 Å². The van der Waals surface area contributed by atoms with Gasteiger partial charge in [0, 0.05) is 11.3 Å². The molecule has 5 rings (SSSR count). The monoisotopic (exact) mass is 344 g/mol. The Bertz CT molecular complexity index is 637. The second-order valence-corrected chi connectivity index (χ2v) is 9.54. The van der Waals surface area contributed by atoms with Crippen molar-refractivity contribution in [1.82, 2.24) is 0 Å². The number of ether oxygens (including phenoxy) is 1. The van der Waals surface area contributed by atoms with Crippen molar-refractivity contribution in [2.75, 3.05) is 0 Å². The number of ketones is 1. The molecule has 0 spiro atoms. The van der Waals surface area contributed by atoms with E-state index in [1.165, 1.54) is 12.8 Å². The summed E-state index contributed by atoms with van der Waals surface area (Å²) in [4.78, 5) is 25.9. The Morgan fingerprint density at radius 1 is 1.04 bits per heavy atom. The van der Waals surface area contributed by atoms with E-state index in [2.05, 4.69) is 6.92 Å². The predicted octanol–water partition coefficient (Wildman–Crippen LogP) is 3.95. The summed E-state index contributed by atoms with van der Waals surface area (Å²) in [6, 6.07) is 0. The Balaban J connectivity index is 1.46. The van der Waals surface area contributed by atoms with Gasteiger partial charge in [-0.2, -0.15) is 0 Å². The van der Waals surface area contributed by atoms with E-state index in [-0.39, 0.29) is 22.9 Å². The summed E-state index contributed by atoms with van der Waals surface area (Å²) in [5.41, 5.74) is 0.0121. The van der Waals surface area contributed by atoms with Crippen molar-refractivity contribution in [2.24, 2.45) is 35.0 Å². The fourth-order valence-electron chi connectivity index (χ4n) is 5.25. The highest BCUT2D eigenvalue weighted by molar-refractivity contribution is 6.09. The van der Waals surface area contributed by atoms with Gasteiger partial charge >= 0.3 is 5.97 Å². The van der Waals surface area contributed by atoms with Crippen LogP contribution in [0.5, 0.6) is 0 Å². The molecule has 0 amide bonds. The quantitative estimate of drug-likeness (QED) is 0.710. The number of aliphatic hydroxyl groups is 1. The molecule has 1 heterocycles. The number of carbonyl (C=O) groups excluding carboxylic acids is 2. The van der Waals surface area contributed by atoms with Crippen LogP contribution in [0.1, 0.15) is 64.7 Å². The lowest BCUT2D eigenvalue weighted by Crippen LogP contribution is -2.49. The third-order valence-corrected chi connectivity index (χ3v) is 7.30. The van der Waals surface area contributed by atoms with Crippen molar-refractivity contribution in [3.05, 3.63) is 11.3 Å². The lowest BCUT2D eigenvalue weighted by Gasteiger charge is -2.39. The van der Waals surface area contributed by atoms with Crippen LogP contribution >= 0.6 is 0 Å². The third kappa shape index (κ3) is 2.72. The van der Waals surface area contributed by atoms with E-state index < -0.39 is 12.1 Å². The Morgan fingerprint density at radius 2 is 1.64 bits per heavy atom. The highest BCUT2D eigenvalue weighted by Crippen LogP contribution is 2.58. The first kappa shape index (κ1) is 15.9. The Kier molecular flexibility index (Phi) is 3.40. The third-order valence-electron chi connectivity index (χ3n) is 7.30. The number of hydrogen-bond acceptors (Lipinski definition) is 4. The molecular weight excluding hydrogens is 316 g/mol. The van der Waals surface area contributed by atoms with E-state index in [0.29, 0.717) is 29.2 Å². The second kappa shape index (κ2) is 5.34. The molecule has 4 nitrogen and oxygen atoms in total. The maximum Gasteiger partial charge on any atom is 0.338 e. The van der Waals surface area contributed by atoms with Gasteiger partial charge in [-0.15, -0.1) is 0 Å². The van der Waals surface area contributed by atoms with Crippen molar-refractivity contribution in [3.63, 3.8) is 0 Å². The van der Waals surface area contributed by atoms with Gasteiger partial charge in [0.25, 0.3) is 0 Å². The van der Waals surface area contributed by atoms with Gasteiger partial charge in [-0.25, -0.2) is 4.79 Å². The fourth-order valence-corrected chi connectivity index (χ4v) is 5.25. The molecule has 4 fully saturated rings. The molecule has 4 saturated carbocycles. The minimum Gasteiger partial charge on any atom is -0.504 e. The molecule has 2 unspecified atom stereocenters. The van der Waals surface area contributed by atoms with E-state index >= 15 is 0 Å². The van der Waals surface area contributed by atoms with E-state index in [4.69, 9.17) is 4.74 Å². The molecule has 4 aliphatic carbocycles. The number of cyclic esters (lactones) is 1.